The van der Waals surface area contributed by atoms with E-state index < -0.39 is 0 Å². The van der Waals surface area contributed by atoms with Crippen LogP contribution < -0.4 is 5.32 Å². The highest BCUT2D eigenvalue weighted by atomic mass is 16.5. The molecule has 1 aliphatic rings. The van der Waals surface area contributed by atoms with Gasteiger partial charge in [0.1, 0.15) is 0 Å². The lowest BCUT2D eigenvalue weighted by Crippen LogP contribution is -2.29. The van der Waals surface area contributed by atoms with Crippen molar-refractivity contribution in [3.63, 3.8) is 0 Å². The first-order valence-corrected chi connectivity index (χ1v) is 6.83. The van der Waals surface area contributed by atoms with Crippen LogP contribution in [-0.4, -0.2) is 23.2 Å². The van der Waals surface area contributed by atoms with E-state index in [1.807, 2.05) is 19.2 Å². The fourth-order valence-electron chi connectivity index (χ4n) is 2.35. The predicted octanol–water partition coefficient (Wildman–Crippen LogP) is 2.59. The van der Waals surface area contributed by atoms with Crippen molar-refractivity contribution in [2.75, 3.05) is 7.05 Å². The number of benzene rings is 1. The van der Waals surface area contributed by atoms with Crippen molar-refractivity contribution < 1.29 is 4.52 Å². The molecule has 1 aliphatic carbocycles. The van der Waals surface area contributed by atoms with Crippen LogP contribution in [-0.2, 0) is 6.42 Å². The van der Waals surface area contributed by atoms with Crippen LogP contribution in [0.3, 0.4) is 0 Å². The largest absolute Gasteiger partial charge is 0.339 e. The molecule has 4 heteroatoms. The molecular formula is C15H19N3O. The molecule has 1 atom stereocenters. The maximum atomic E-state index is 5.36. The van der Waals surface area contributed by atoms with Crippen LogP contribution in [0.4, 0.5) is 0 Å². The second-order valence-electron chi connectivity index (χ2n) is 5.31. The van der Waals surface area contributed by atoms with E-state index in [1.54, 1.807) is 0 Å². The van der Waals surface area contributed by atoms with Crippen molar-refractivity contribution >= 4 is 0 Å². The molecule has 19 heavy (non-hydrogen) atoms. The molecule has 3 rings (SSSR count). The normalized spacial score (nSPS) is 16.5. The summed E-state index contributed by atoms with van der Waals surface area (Å²) < 4.78 is 5.36. The van der Waals surface area contributed by atoms with E-state index in [4.69, 9.17) is 4.52 Å². The van der Waals surface area contributed by atoms with Gasteiger partial charge in [0.25, 0.3) is 0 Å². The highest BCUT2D eigenvalue weighted by Gasteiger charge is 2.31. The SMILES string of the molecule is CNC(Cc1nc(-c2ccc(C)cc2)no1)C1CC1. The van der Waals surface area contributed by atoms with Gasteiger partial charge in [0.15, 0.2) is 0 Å². The second kappa shape index (κ2) is 5.13. The summed E-state index contributed by atoms with van der Waals surface area (Å²) in [6.07, 6.45) is 3.44. The molecule has 1 saturated carbocycles. The molecule has 1 aromatic carbocycles. The number of nitrogens with one attached hydrogen (secondary N) is 1. The fourth-order valence-corrected chi connectivity index (χ4v) is 2.35. The number of hydrogen-bond acceptors (Lipinski definition) is 4. The van der Waals surface area contributed by atoms with Gasteiger partial charge >= 0.3 is 0 Å². The lowest BCUT2D eigenvalue weighted by Gasteiger charge is -2.11. The van der Waals surface area contributed by atoms with E-state index in [9.17, 15) is 0 Å². The van der Waals surface area contributed by atoms with E-state index in [0.29, 0.717) is 11.9 Å². The van der Waals surface area contributed by atoms with Crippen LogP contribution in [0.2, 0.25) is 0 Å². The third-order valence-electron chi connectivity index (χ3n) is 3.73. The van der Waals surface area contributed by atoms with E-state index in [1.165, 1.54) is 18.4 Å². The van der Waals surface area contributed by atoms with Gasteiger partial charge in [-0.25, -0.2) is 0 Å². The molecule has 1 aromatic heterocycles. The number of nitrogens with zero attached hydrogens (tertiary/aromatic N) is 2. The van der Waals surface area contributed by atoms with E-state index in [2.05, 4.69) is 34.5 Å². The minimum atomic E-state index is 0.464. The van der Waals surface area contributed by atoms with Crippen LogP contribution in [0.5, 0.6) is 0 Å². The van der Waals surface area contributed by atoms with Crippen molar-refractivity contribution in [3.05, 3.63) is 35.7 Å². The Balaban J connectivity index is 1.73. The second-order valence-corrected chi connectivity index (χ2v) is 5.31. The Morgan fingerprint density at radius 1 is 1.32 bits per heavy atom. The van der Waals surface area contributed by atoms with Crippen LogP contribution >= 0.6 is 0 Å². The molecule has 0 aliphatic heterocycles. The molecule has 100 valence electrons. The van der Waals surface area contributed by atoms with Gasteiger partial charge in [-0.15, -0.1) is 0 Å². The van der Waals surface area contributed by atoms with Gasteiger partial charge in [-0.05, 0) is 32.7 Å². The van der Waals surface area contributed by atoms with Crippen LogP contribution in [0.15, 0.2) is 28.8 Å². The van der Waals surface area contributed by atoms with Crippen molar-refractivity contribution in [1.82, 2.24) is 15.5 Å². The van der Waals surface area contributed by atoms with E-state index >= 15 is 0 Å². The quantitative estimate of drug-likeness (QED) is 0.894. The molecule has 1 fully saturated rings. The number of aromatic nitrogens is 2. The zero-order chi connectivity index (χ0) is 13.2. The Hall–Kier alpha value is -1.68. The van der Waals surface area contributed by atoms with E-state index in [0.717, 1.165) is 23.8 Å². The van der Waals surface area contributed by atoms with Gasteiger partial charge < -0.3 is 9.84 Å². The number of aryl methyl sites for hydroxylation is 1. The summed E-state index contributed by atoms with van der Waals surface area (Å²) in [4.78, 5) is 4.49. The average molecular weight is 257 g/mol. The van der Waals surface area contributed by atoms with Crippen LogP contribution in [0.1, 0.15) is 24.3 Å². The molecular weight excluding hydrogens is 238 g/mol. The van der Waals surface area contributed by atoms with Crippen LogP contribution in [0, 0.1) is 12.8 Å². The lowest BCUT2D eigenvalue weighted by atomic mass is 10.1. The maximum Gasteiger partial charge on any atom is 0.228 e. The molecule has 0 radical (unpaired) electrons. The lowest BCUT2D eigenvalue weighted by molar-refractivity contribution is 0.352. The third-order valence-corrected chi connectivity index (χ3v) is 3.73. The first kappa shape index (κ1) is 12.4. The van der Waals surface area contributed by atoms with Crippen molar-refractivity contribution in [3.8, 4) is 11.4 Å². The molecule has 2 aromatic rings. The third kappa shape index (κ3) is 2.84. The van der Waals surface area contributed by atoms with Crippen molar-refractivity contribution in [2.45, 2.75) is 32.2 Å². The van der Waals surface area contributed by atoms with Gasteiger partial charge in [0, 0.05) is 18.0 Å². The maximum absolute atomic E-state index is 5.36. The molecule has 0 amide bonds. The van der Waals surface area contributed by atoms with Crippen molar-refractivity contribution in [1.29, 1.82) is 0 Å². The summed E-state index contributed by atoms with van der Waals surface area (Å²) in [7, 11) is 2.00. The highest BCUT2D eigenvalue weighted by Crippen LogP contribution is 2.33. The Morgan fingerprint density at radius 3 is 2.68 bits per heavy atom. The zero-order valence-corrected chi connectivity index (χ0v) is 11.4. The molecule has 0 spiro atoms. The Kier molecular flexibility index (Phi) is 3.34. The fraction of sp³-hybridized carbons (Fsp3) is 0.467. The van der Waals surface area contributed by atoms with Gasteiger partial charge in [0.05, 0.1) is 0 Å². The first-order valence-electron chi connectivity index (χ1n) is 6.83. The minimum absolute atomic E-state index is 0.464. The molecule has 0 saturated heterocycles. The molecule has 1 N–H and O–H groups in total. The number of likely N-dealkylation sites (N-methyl/N-ethyl adjacent to an activating group) is 1. The summed E-state index contributed by atoms with van der Waals surface area (Å²) in [5.41, 5.74) is 2.24. The average Bonchev–Trinajstić information content (AvgIpc) is 3.16. The van der Waals surface area contributed by atoms with Gasteiger partial charge in [-0.2, -0.15) is 4.98 Å². The van der Waals surface area contributed by atoms with Crippen molar-refractivity contribution in [2.24, 2.45) is 5.92 Å². The van der Waals surface area contributed by atoms with Gasteiger partial charge in [0.2, 0.25) is 11.7 Å². The Labute approximate surface area is 113 Å². The van der Waals surface area contributed by atoms with Gasteiger partial charge in [-0.1, -0.05) is 35.0 Å². The molecule has 0 bridgehead atoms. The number of rotatable bonds is 5. The molecule has 1 unspecified atom stereocenters. The molecule has 1 heterocycles. The summed E-state index contributed by atoms with van der Waals surface area (Å²) in [5, 5.41) is 7.41. The smallest absolute Gasteiger partial charge is 0.228 e. The topological polar surface area (TPSA) is 51.0 Å². The standard InChI is InChI=1S/C15H19N3O/c1-10-3-5-12(6-4-10)15-17-14(19-18-15)9-13(16-2)11-7-8-11/h3-6,11,13,16H,7-9H2,1-2H3. The predicted molar refractivity (Wildman–Crippen MR) is 73.7 cm³/mol. The summed E-state index contributed by atoms with van der Waals surface area (Å²) in [5.74, 6) is 2.18. The summed E-state index contributed by atoms with van der Waals surface area (Å²) in [6.45, 7) is 2.07. The van der Waals surface area contributed by atoms with Crippen LogP contribution in [0.25, 0.3) is 11.4 Å². The zero-order valence-electron chi connectivity index (χ0n) is 11.4. The Bertz CT molecular complexity index is 543. The van der Waals surface area contributed by atoms with Gasteiger partial charge in [-0.3, -0.25) is 0 Å². The first-order chi connectivity index (χ1) is 9.26. The minimum Gasteiger partial charge on any atom is -0.339 e. The molecule has 4 nitrogen and oxygen atoms in total. The summed E-state index contributed by atoms with van der Waals surface area (Å²) in [6, 6.07) is 8.64. The van der Waals surface area contributed by atoms with E-state index in [-0.39, 0.29) is 0 Å². The number of hydrogen-bond donors (Lipinski definition) is 1. The summed E-state index contributed by atoms with van der Waals surface area (Å²) >= 11 is 0. The Morgan fingerprint density at radius 2 is 2.05 bits per heavy atom. The monoisotopic (exact) mass is 257 g/mol. The highest BCUT2D eigenvalue weighted by molar-refractivity contribution is 5.54.